The Kier molecular flexibility index (Phi) is 15.6. The van der Waals surface area contributed by atoms with Crippen LogP contribution in [0.15, 0.2) is 127 Å². The van der Waals surface area contributed by atoms with Gasteiger partial charge < -0.3 is 28.4 Å². The molecule has 0 radical (unpaired) electrons. The number of hydrogen-bond donors (Lipinski definition) is 0. The number of esters is 5. The van der Waals surface area contributed by atoms with Crippen molar-refractivity contribution >= 4 is 35.9 Å². The summed E-state index contributed by atoms with van der Waals surface area (Å²) in [7, 11) is 0. The molecule has 58 heavy (non-hydrogen) atoms. The maximum Gasteiger partial charge on any atom is 0.343 e. The van der Waals surface area contributed by atoms with Crippen molar-refractivity contribution in [2.45, 2.75) is 34.1 Å². The van der Waals surface area contributed by atoms with E-state index in [0.29, 0.717) is 28.7 Å². The van der Waals surface area contributed by atoms with E-state index >= 15 is 4.39 Å². The van der Waals surface area contributed by atoms with Gasteiger partial charge in [-0.2, -0.15) is 0 Å². The van der Waals surface area contributed by atoms with Crippen LogP contribution in [0.3, 0.4) is 0 Å². The average Bonchev–Trinajstić information content (AvgIpc) is 3.19. The smallest absolute Gasteiger partial charge is 0.343 e. The van der Waals surface area contributed by atoms with E-state index in [9.17, 15) is 24.0 Å². The monoisotopic (exact) mass is 790 g/mol. The van der Waals surface area contributed by atoms with Crippen LogP contribution >= 0.6 is 0 Å². The van der Waals surface area contributed by atoms with Gasteiger partial charge in [0.05, 0.1) is 25.4 Å². The van der Waals surface area contributed by atoms with E-state index in [1.54, 1.807) is 55.5 Å². The van der Waals surface area contributed by atoms with Crippen molar-refractivity contribution in [1.29, 1.82) is 0 Å². The highest BCUT2D eigenvalue weighted by Gasteiger charge is 2.17. The van der Waals surface area contributed by atoms with Crippen LogP contribution in [0.1, 0.15) is 48.7 Å². The molecule has 11 nitrogen and oxygen atoms in total. The van der Waals surface area contributed by atoms with Gasteiger partial charge in [-0.15, -0.1) is 0 Å². The standard InChI is InChI=1S/C46H43FO11/c1-28(2)43(49)54-26-33(27-55-44(50)29(3)4)22-23-53-37-17-19-39(40(47)25-37)34-11-8-32(9-12-34)10-21-42(48)58-41-20-18-38(24-31(41)7)57-46(52)35-13-15-36(16-14-35)56-45(51)30(5)6/h8-21,24-25,33H,1,3,5,22-23,26-27H2,2,4,6-7H3/b21-10+. The second-order valence-electron chi connectivity index (χ2n) is 13.3. The van der Waals surface area contributed by atoms with Crippen molar-refractivity contribution in [3.63, 3.8) is 0 Å². The molecule has 0 heterocycles. The third-order valence-corrected chi connectivity index (χ3v) is 8.18. The van der Waals surface area contributed by atoms with Crippen molar-refractivity contribution in [2.24, 2.45) is 5.92 Å². The summed E-state index contributed by atoms with van der Waals surface area (Å²) < 4.78 is 47.4. The van der Waals surface area contributed by atoms with E-state index in [2.05, 4.69) is 19.7 Å². The van der Waals surface area contributed by atoms with Crippen LogP contribution in [-0.2, 0) is 28.7 Å². The van der Waals surface area contributed by atoms with Gasteiger partial charge in [0.15, 0.2) is 0 Å². The summed E-state index contributed by atoms with van der Waals surface area (Å²) in [5.74, 6) is -2.82. The normalized spacial score (nSPS) is 10.7. The Morgan fingerprint density at radius 2 is 1.26 bits per heavy atom. The fraction of sp³-hybridized carbons (Fsp3) is 0.196. The number of carbonyl (C=O) groups is 5. The van der Waals surface area contributed by atoms with Crippen LogP contribution in [0.5, 0.6) is 23.0 Å². The maximum absolute atomic E-state index is 15.2. The number of ether oxygens (including phenoxy) is 6. The van der Waals surface area contributed by atoms with Gasteiger partial charge in [0, 0.05) is 40.3 Å². The van der Waals surface area contributed by atoms with E-state index in [0.717, 1.165) is 0 Å². The molecule has 0 saturated carbocycles. The summed E-state index contributed by atoms with van der Waals surface area (Å²) in [6.45, 7) is 17.0. The Balaban J connectivity index is 1.28. The quantitative estimate of drug-likeness (QED) is 0.0543. The van der Waals surface area contributed by atoms with Crippen molar-refractivity contribution < 1.29 is 56.8 Å². The summed E-state index contributed by atoms with van der Waals surface area (Å²) in [4.78, 5) is 60.7. The van der Waals surface area contributed by atoms with Crippen LogP contribution in [0.25, 0.3) is 17.2 Å². The molecule has 300 valence electrons. The van der Waals surface area contributed by atoms with Crippen molar-refractivity contribution in [2.75, 3.05) is 19.8 Å². The molecule has 4 aromatic carbocycles. The first-order chi connectivity index (χ1) is 27.6. The van der Waals surface area contributed by atoms with Crippen molar-refractivity contribution in [1.82, 2.24) is 0 Å². The minimum absolute atomic E-state index is 0.0231. The van der Waals surface area contributed by atoms with Gasteiger partial charge in [0.25, 0.3) is 0 Å². The zero-order valence-electron chi connectivity index (χ0n) is 32.6. The maximum atomic E-state index is 15.2. The lowest BCUT2D eigenvalue weighted by Gasteiger charge is -2.18. The number of aryl methyl sites for hydroxylation is 1. The van der Waals surface area contributed by atoms with Gasteiger partial charge in [-0.3, -0.25) is 0 Å². The first-order valence-electron chi connectivity index (χ1n) is 18.0. The lowest BCUT2D eigenvalue weighted by molar-refractivity contribution is -0.144. The molecule has 0 N–H and O–H groups in total. The van der Waals surface area contributed by atoms with E-state index < -0.39 is 35.7 Å². The van der Waals surface area contributed by atoms with Crippen molar-refractivity contribution in [3.8, 4) is 34.1 Å². The molecule has 0 aliphatic rings. The lowest BCUT2D eigenvalue weighted by Crippen LogP contribution is -2.23. The Bertz CT molecular complexity index is 2200. The average molecular weight is 791 g/mol. The van der Waals surface area contributed by atoms with Gasteiger partial charge in [-0.1, -0.05) is 44.0 Å². The van der Waals surface area contributed by atoms with E-state index in [4.69, 9.17) is 28.4 Å². The summed E-state index contributed by atoms with van der Waals surface area (Å²) in [5.41, 5.74) is 3.10. The van der Waals surface area contributed by atoms with Crippen molar-refractivity contribution in [3.05, 3.63) is 150 Å². The van der Waals surface area contributed by atoms with Crippen LogP contribution < -0.4 is 18.9 Å². The predicted octanol–water partition coefficient (Wildman–Crippen LogP) is 8.74. The molecular formula is C46H43FO11. The van der Waals surface area contributed by atoms with Gasteiger partial charge in [0.2, 0.25) is 0 Å². The lowest BCUT2D eigenvalue weighted by atomic mass is 10.0. The van der Waals surface area contributed by atoms with Gasteiger partial charge in [0.1, 0.15) is 28.8 Å². The van der Waals surface area contributed by atoms with Crippen LogP contribution in [0.2, 0.25) is 0 Å². The molecule has 0 aliphatic heterocycles. The highest BCUT2D eigenvalue weighted by Crippen LogP contribution is 2.28. The zero-order valence-corrected chi connectivity index (χ0v) is 32.6. The molecule has 0 spiro atoms. The molecule has 0 unspecified atom stereocenters. The third-order valence-electron chi connectivity index (χ3n) is 8.18. The minimum atomic E-state index is -0.641. The fourth-order valence-corrected chi connectivity index (χ4v) is 4.91. The Labute approximate surface area is 336 Å². The summed E-state index contributed by atoms with van der Waals surface area (Å²) in [5, 5.41) is 0. The Hall–Kier alpha value is -7.08. The number of rotatable bonds is 18. The van der Waals surface area contributed by atoms with E-state index in [1.807, 2.05) is 0 Å². The molecule has 0 amide bonds. The second kappa shape index (κ2) is 20.7. The van der Waals surface area contributed by atoms with Gasteiger partial charge >= 0.3 is 29.8 Å². The highest BCUT2D eigenvalue weighted by molar-refractivity contribution is 5.92. The van der Waals surface area contributed by atoms with Gasteiger partial charge in [-0.05, 0) is 111 Å². The molecule has 0 bridgehead atoms. The summed E-state index contributed by atoms with van der Waals surface area (Å²) in [6.07, 6.45) is 3.16. The largest absolute Gasteiger partial charge is 0.493 e. The number of benzene rings is 4. The summed E-state index contributed by atoms with van der Waals surface area (Å²) >= 11 is 0. The molecule has 4 aromatic rings. The van der Waals surface area contributed by atoms with Crippen LogP contribution in [-0.4, -0.2) is 49.7 Å². The third kappa shape index (κ3) is 13.3. The van der Waals surface area contributed by atoms with Crippen LogP contribution in [0, 0.1) is 18.7 Å². The van der Waals surface area contributed by atoms with E-state index in [1.165, 1.54) is 69.3 Å². The molecule has 12 heteroatoms. The Morgan fingerprint density at radius 1 is 0.672 bits per heavy atom. The number of carbonyl (C=O) groups excluding carboxylic acids is 5. The first kappa shape index (κ1) is 43.6. The minimum Gasteiger partial charge on any atom is -0.493 e. The number of hydrogen-bond acceptors (Lipinski definition) is 11. The topological polar surface area (TPSA) is 141 Å². The summed E-state index contributed by atoms with van der Waals surface area (Å²) in [6, 6.07) is 21.8. The molecular weight excluding hydrogens is 747 g/mol. The first-order valence-corrected chi connectivity index (χ1v) is 18.0. The Morgan fingerprint density at radius 3 is 1.83 bits per heavy atom. The SMILES string of the molecule is C=C(C)C(=O)OCC(CCOc1ccc(-c2ccc(/C=C/C(=O)Oc3ccc(OC(=O)c4ccc(OC(=O)C(=C)C)cc4)cc3C)cc2)c(F)c1)COC(=O)C(=C)C. The molecule has 0 fully saturated rings. The molecule has 0 atom stereocenters. The molecule has 0 aliphatic carbocycles. The highest BCUT2D eigenvalue weighted by atomic mass is 19.1. The second-order valence-corrected chi connectivity index (χ2v) is 13.3. The number of halogens is 1. The molecule has 0 saturated heterocycles. The predicted molar refractivity (Wildman–Crippen MR) is 215 cm³/mol. The fourth-order valence-electron chi connectivity index (χ4n) is 4.91. The molecule has 0 aromatic heterocycles. The van der Waals surface area contributed by atoms with E-state index in [-0.39, 0.29) is 71.0 Å². The molecule has 4 rings (SSSR count). The van der Waals surface area contributed by atoms with Gasteiger partial charge in [-0.25, -0.2) is 28.4 Å². The zero-order chi connectivity index (χ0) is 42.4. The van der Waals surface area contributed by atoms with Crippen LogP contribution in [0.4, 0.5) is 4.39 Å².